The van der Waals surface area contributed by atoms with E-state index in [1.165, 1.54) is 35.0 Å². The molecule has 0 unspecified atom stereocenters. The number of aliphatic hydroxyl groups is 1. The zero-order valence-electron chi connectivity index (χ0n) is 11.3. The molecule has 0 radical (unpaired) electrons. The fraction of sp³-hybridized carbons (Fsp3) is 0.0625. The summed E-state index contributed by atoms with van der Waals surface area (Å²) in [6.07, 6.45) is 1.63. The molecule has 0 bridgehead atoms. The van der Waals surface area contributed by atoms with Gasteiger partial charge in [-0.25, -0.2) is 13.5 Å². The van der Waals surface area contributed by atoms with Gasteiger partial charge in [-0.15, -0.1) is 0 Å². The second-order valence-electron chi connectivity index (χ2n) is 4.71. The average Bonchev–Trinajstić information content (AvgIpc) is 2.95. The third kappa shape index (κ3) is 2.73. The summed E-state index contributed by atoms with van der Waals surface area (Å²) >= 11 is 5.77. The minimum absolute atomic E-state index is 0.0121. The highest BCUT2D eigenvalue weighted by atomic mass is 35.5. The number of aromatic nitrogens is 2. The Labute approximate surface area is 130 Å². The van der Waals surface area contributed by atoms with Crippen LogP contribution in [0.4, 0.5) is 8.78 Å². The summed E-state index contributed by atoms with van der Waals surface area (Å²) in [7, 11) is 0. The van der Waals surface area contributed by atoms with Crippen LogP contribution in [0.5, 0.6) is 0 Å². The SMILES string of the molecule is OCc1cn(-c2ccc(F)c(Cl)c2)nc1-c1ccc(F)cc1. The first-order valence-electron chi connectivity index (χ1n) is 6.49. The molecule has 1 aromatic heterocycles. The van der Waals surface area contributed by atoms with Crippen molar-refractivity contribution in [3.63, 3.8) is 0 Å². The second kappa shape index (κ2) is 5.87. The van der Waals surface area contributed by atoms with Gasteiger partial charge in [0.1, 0.15) is 11.6 Å². The summed E-state index contributed by atoms with van der Waals surface area (Å²) < 4.78 is 27.7. The summed E-state index contributed by atoms with van der Waals surface area (Å²) in [5, 5.41) is 13.8. The highest BCUT2D eigenvalue weighted by molar-refractivity contribution is 6.30. The molecule has 0 saturated heterocycles. The van der Waals surface area contributed by atoms with Crippen LogP contribution in [-0.2, 0) is 6.61 Å². The molecule has 0 aliphatic rings. The number of halogens is 3. The average molecular weight is 321 g/mol. The Bertz CT molecular complexity index is 816. The van der Waals surface area contributed by atoms with Gasteiger partial charge in [0.2, 0.25) is 0 Å². The van der Waals surface area contributed by atoms with Crippen molar-refractivity contribution < 1.29 is 13.9 Å². The normalized spacial score (nSPS) is 10.9. The Morgan fingerprint density at radius 1 is 1.09 bits per heavy atom. The molecule has 6 heteroatoms. The fourth-order valence-corrected chi connectivity index (χ4v) is 2.31. The van der Waals surface area contributed by atoms with Gasteiger partial charge in [-0.2, -0.15) is 5.10 Å². The first-order chi connectivity index (χ1) is 10.6. The number of hydrogen-bond donors (Lipinski definition) is 1. The molecule has 1 heterocycles. The number of benzene rings is 2. The van der Waals surface area contributed by atoms with Crippen LogP contribution >= 0.6 is 11.6 Å². The minimum atomic E-state index is -0.515. The van der Waals surface area contributed by atoms with Gasteiger partial charge in [0.05, 0.1) is 23.0 Å². The van der Waals surface area contributed by atoms with E-state index >= 15 is 0 Å². The topological polar surface area (TPSA) is 38.0 Å². The van der Waals surface area contributed by atoms with Crippen molar-refractivity contribution in [1.29, 1.82) is 0 Å². The molecule has 0 aliphatic carbocycles. The van der Waals surface area contributed by atoms with E-state index in [1.807, 2.05) is 0 Å². The van der Waals surface area contributed by atoms with E-state index in [2.05, 4.69) is 5.10 Å². The maximum Gasteiger partial charge on any atom is 0.141 e. The van der Waals surface area contributed by atoms with E-state index in [-0.39, 0.29) is 17.4 Å². The van der Waals surface area contributed by atoms with Gasteiger partial charge in [-0.1, -0.05) is 11.6 Å². The summed E-state index contributed by atoms with van der Waals surface area (Å²) in [5.41, 5.74) is 2.35. The van der Waals surface area contributed by atoms with E-state index in [0.29, 0.717) is 22.5 Å². The lowest BCUT2D eigenvalue weighted by Gasteiger charge is -2.02. The van der Waals surface area contributed by atoms with Crippen LogP contribution in [0.25, 0.3) is 16.9 Å². The number of aliphatic hydroxyl groups excluding tert-OH is 1. The molecule has 3 aromatic rings. The predicted octanol–water partition coefficient (Wildman–Crippen LogP) is 3.96. The van der Waals surface area contributed by atoms with Gasteiger partial charge in [0.25, 0.3) is 0 Å². The van der Waals surface area contributed by atoms with Crippen LogP contribution in [0.3, 0.4) is 0 Å². The summed E-state index contributed by atoms with van der Waals surface area (Å²) in [5.74, 6) is -0.863. The van der Waals surface area contributed by atoms with Gasteiger partial charge >= 0.3 is 0 Å². The molecule has 3 nitrogen and oxygen atoms in total. The van der Waals surface area contributed by atoms with Crippen LogP contribution in [0.2, 0.25) is 5.02 Å². The Morgan fingerprint density at radius 3 is 2.45 bits per heavy atom. The quantitative estimate of drug-likeness (QED) is 0.793. The van der Waals surface area contributed by atoms with Crippen LogP contribution in [-0.4, -0.2) is 14.9 Å². The minimum Gasteiger partial charge on any atom is -0.392 e. The van der Waals surface area contributed by atoms with Crippen LogP contribution in [0.1, 0.15) is 5.56 Å². The molecule has 3 rings (SSSR count). The summed E-state index contributed by atoms with van der Waals surface area (Å²) in [6.45, 7) is -0.221. The van der Waals surface area contributed by atoms with Gasteiger partial charge in [0.15, 0.2) is 0 Å². The van der Waals surface area contributed by atoms with E-state index in [0.717, 1.165) is 0 Å². The number of nitrogens with zero attached hydrogens (tertiary/aromatic N) is 2. The molecule has 0 aliphatic heterocycles. The fourth-order valence-electron chi connectivity index (χ4n) is 2.14. The van der Waals surface area contributed by atoms with Crippen molar-refractivity contribution in [3.8, 4) is 16.9 Å². The van der Waals surface area contributed by atoms with Crippen LogP contribution in [0, 0.1) is 11.6 Å². The highest BCUT2D eigenvalue weighted by Crippen LogP contribution is 2.25. The van der Waals surface area contributed by atoms with Crippen LogP contribution in [0.15, 0.2) is 48.7 Å². The third-order valence-electron chi connectivity index (χ3n) is 3.25. The Morgan fingerprint density at radius 2 is 1.82 bits per heavy atom. The van der Waals surface area contributed by atoms with E-state index in [9.17, 15) is 13.9 Å². The Balaban J connectivity index is 2.07. The van der Waals surface area contributed by atoms with Gasteiger partial charge in [-0.3, -0.25) is 0 Å². The molecular formula is C16H11ClF2N2O. The summed E-state index contributed by atoms with van der Waals surface area (Å²) in [4.78, 5) is 0. The van der Waals surface area contributed by atoms with Gasteiger partial charge in [0, 0.05) is 17.3 Å². The third-order valence-corrected chi connectivity index (χ3v) is 3.54. The van der Waals surface area contributed by atoms with Gasteiger partial charge < -0.3 is 5.11 Å². The molecule has 0 atom stereocenters. The van der Waals surface area contributed by atoms with Crippen molar-refractivity contribution in [3.05, 3.63) is 70.9 Å². The second-order valence-corrected chi connectivity index (χ2v) is 5.12. The monoisotopic (exact) mass is 320 g/mol. The van der Waals surface area contributed by atoms with E-state index in [1.54, 1.807) is 18.3 Å². The molecule has 2 aromatic carbocycles. The molecule has 0 amide bonds. The first kappa shape index (κ1) is 14.7. The standard InChI is InChI=1S/C16H11ClF2N2O/c17-14-7-13(5-6-15(14)19)21-8-11(9-22)16(20-21)10-1-3-12(18)4-2-10/h1-8,22H,9H2. The molecule has 22 heavy (non-hydrogen) atoms. The molecule has 0 saturated carbocycles. The lowest BCUT2D eigenvalue weighted by atomic mass is 10.1. The van der Waals surface area contributed by atoms with Gasteiger partial charge in [-0.05, 0) is 42.5 Å². The van der Waals surface area contributed by atoms with E-state index < -0.39 is 5.82 Å². The maximum absolute atomic E-state index is 13.2. The zero-order valence-corrected chi connectivity index (χ0v) is 12.1. The zero-order chi connectivity index (χ0) is 15.7. The largest absolute Gasteiger partial charge is 0.392 e. The first-order valence-corrected chi connectivity index (χ1v) is 6.87. The van der Waals surface area contributed by atoms with E-state index in [4.69, 9.17) is 11.6 Å². The van der Waals surface area contributed by atoms with Crippen molar-refractivity contribution in [1.82, 2.24) is 9.78 Å². The lowest BCUT2D eigenvalue weighted by molar-refractivity contribution is 0.282. The summed E-state index contributed by atoms with van der Waals surface area (Å²) in [6, 6.07) is 10.0. The Hall–Kier alpha value is -2.24. The van der Waals surface area contributed by atoms with Crippen molar-refractivity contribution in [2.75, 3.05) is 0 Å². The van der Waals surface area contributed by atoms with Crippen molar-refractivity contribution in [2.24, 2.45) is 0 Å². The molecular weight excluding hydrogens is 310 g/mol. The predicted molar refractivity (Wildman–Crippen MR) is 79.8 cm³/mol. The number of hydrogen-bond acceptors (Lipinski definition) is 2. The Kier molecular flexibility index (Phi) is 3.92. The smallest absolute Gasteiger partial charge is 0.141 e. The highest BCUT2D eigenvalue weighted by Gasteiger charge is 2.12. The van der Waals surface area contributed by atoms with Crippen molar-refractivity contribution >= 4 is 11.6 Å². The lowest BCUT2D eigenvalue weighted by Crippen LogP contribution is -1.95. The van der Waals surface area contributed by atoms with Crippen LogP contribution < -0.4 is 0 Å². The molecule has 112 valence electrons. The maximum atomic E-state index is 13.2. The molecule has 0 fully saturated rings. The molecule has 1 N–H and O–H groups in total. The number of rotatable bonds is 3. The van der Waals surface area contributed by atoms with Crippen molar-refractivity contribution in [2.45, 2.75) is 6.61 Å². The molecule has 0 spiro atoms.